The summed E-state index contributed by atoms with van der Waals surface area (Å²) in [5, 5.41) is 16.0. The number of rotatable bonds is 3. The molecule has 1 N–H and O–H groups in total. The van der Waals surface area contributed by atoms with E-state index in [-0.39, 0.29) is 5.75 Å². The molecule has 5 nitrogen and oxygen atoms in total. The molecule has 0 saturated carbocycles. The van der Waals surface area contributed by atoms with Gasteiger partial charge in [-0.1, -0.05) is 30.3 Å². The van der Waals surface area contributed by atoms with Gasteiger partial charge in [0.05, 0.1) is 5.56 Å². The van der Waals surface area contributed by atoms with Crippen LogP contribution in [0.1, 0.15) is 6.92 Å². The second-order valence-corrected chi connectivity index (χ2v) is 4.60. The summed E-state index contributed by atoms with van der Waals surface area (Å²) in [6.45, 7) is 2.78. The fourth-order valence-corrected chi connectivity index (χ4v) is 2.05. The lowest BCUT2D eigenvalue weighted by atomic mass is 10.1. The van der Waals surface area contributed by atoms with Crippen molar-refractivity contribution >= 4 is 16.7 Å². The highest BCUT2D eigenvalue weighted by atomic mass is 16.5. The van der Waals surface area contributed by atoms with E-state index in [2.05, 4.69) is 10.1 Å². The molecule has 0 amide bonds. The molecule has 3 rings (SSSR count). The molecule has 0 saturated heterocycles. The predicted molar refractivity (Wildman–Crippen MR) is 77.8 cm³/mol. The molecule has 0 aliphatic carbocycles. The van der Waals surface area contributed by atoms with Crippen LogP contribution < -0.4 is 4.90 Å². The Labute approximate surface area is 116 Å². The molecule has 20 heavy (non-hydrogen) atoms. The first-order valence-electron chi connectivity index (χ1n) is 6.46. The molecule has 2 aromatic carbocycles. The van der Waals surface area contributed by atoms with Crippen LogP contribution >= 0.6 is 0 Å². The van der Waals surface area contributed by atoms with Crippen molar-refractivity contribution in [2.45, 2.75) is 6.92 Å². The standard InChI is InChI=1S/C15H15N3O2/c1-3-18(2)15-16-14(20-17-15)12-9-8-10-6-4-5-7-11(10)13(12)19/h4-9,19H,3H2,1-2H3. The van der Waals surface area contributed by atoms with Gasteiger partial charge < -0.3 is 14.5 Å². The third-order valence-electron chi connectivity index (χ3n) is 3.36. The molecular formula is C15H15N3O2. The first kappa shape index (κ1) is 12.5. The summed E-state index contributed by atoms with van der Waals surface area (Å²) in [5.41, 5.74) is 0.548. The summed E-state index contributed by atoms with van der Waals surface area (Å²) in [7, 11) is 1.88. The quantitative estimate of drug-likeness (QED) is 0.791. The molecule has 1 heterocycles. The zero-order valence-electron chi connectivity index (χ0n) is 11.4. The average Bonchev–Trinajstić information content (AvgIpc) is 2.97. The van der Waals surface area contributed by atoms with Crippen LogP contribution in [0, 0.1) is 0 Å². The molecule has 0 unspecified atom stereocenters. The maximum absolute atomic E-state index is 10.4. The SMILES string of the molecule is CCN(C)c1noc(-c2ccc3ccccc3c2O)n1. The second-order valence-electron chi connectivity index (χ2n) is 4.60. The van der Waals surface area contributed by atoms with Crippen molar-refractivity contribution in [2.24, 2.45) is 0 Å². The molecule has 0 radical (unpaired) electrons. The number of benzene rings is 2. The van der Waals surface area contributed by atoms with Crippen LogP contribution in [-0.2, 0) is 0 Å². The smallest absolute Gasteiger partial charge is 0.266 e. The molecule has 0 aliphatic rings. The van der Waals surface area contributed by atoms with Gasteiger partial charge in [-0.2, -0.15) is 4.98 Å². The first-order chi connectivity index (χ1) is 9.70. The third kappa shape index (κ3) is 1.97. The number of aromatic nitrogens is 2. The number of hydrogen-bond donors (Lipinski definition) is 1. The topological polar surface area (TPSA) is 62.4 Å². The van der Waals surface area contributed by atoms with Gasteiger partial charge in [-0.25, -0.2) is 0 Å². The Morgan fingerprint density at radius 1 is 1.20 bits per heavy atom. The van der Waals surface area contributed by atoms with Crippen molar-refractivity contribution in [3.63, 3.8) is 0 Å². The van der Waals surface area contributed by atoms with E-state index in [0.717, 1.165) is 17.3 Å². The van der Waals surface area contributed by atoms with Gasteiger partial charge in [0.15, 0.2) is 0 Å². The van der Waals surface area contributed by atoms with E-state index in [1.54, 1.807) is 6.07 Å². The minimum absolute atomic E-state index is 0.164. The lowest BCUT2D eigenvalue weighted by Gasteiger charge is -2.08. The van der Waals surface area contributed by atoms with E-state index in [0.29, 0.717) is 17.4 Å². The Balaban J connectivity index is 2.10. The van der Waals surface area contributed by atoms with E-state index in [1.807, 2.05) is 49.2 Å². The predicted octanol–water partition coefficient (Wildman–Crippen LogP) is 3.05. The van der Waals surface area contributed by atoms with E-state index >= 15 is 0 Å². The van der Waals surface area contributed by atoms with Gasteiger partial charge in [-0.3, -0.25) is 0 Å². The van der Waals surface area contributed by atoms with Crippen LogP contribution in [0.4, 0.5) is 5.95 Å². The zero-order chi connectivity index (χ0) is 14.1. The van der Waals surface area contributed by atoms with Crippen LogP contribution in [0.3, 0.4) is 0 Å². The molecule has 0 aliphatic heterocycles. The molecule has 0 fully saturated rings. The second kappa shape index (κ2) is 4.85. The van der Waals surface area contributed by atoms with Gasteiger partial charge in [0.2, 0.25) is 0 Å². The number of fused-ring (bicyclic) bond motifs is 1. The number of phenols is 1. The van der Waals surface area contributed by atoms with Crippen LogP contribution in [0.25, 0.3) is 22.2 Å². The van der Waals surface area contributed by atoms with Crippen molar-refractivity contribution in [1.29, 1.82) is 0 Å². The molecule has 5 heteroatoms. The first-order valence-corrected chi connectivity index (χ1v) is 6.46. The number of hydrogen-bond acceptors (Lipinski definition) is 5. The summed E-state index contributed by atoms with van der Waals surface area (Å²) in [5.74, 6) is 0.996. The van der Waals surface area contributed by atoms with Crippen molar-refractivity contribution < 1.29 is 9.63 Å². The molecule has 0 atom stereocenters. The fraction of sp³-hybridized carbons (Fsp3) is 0.200. The van der Waals surface area contributed by atoms with Gasteiger partial charge in [-0.05, 0) is 23.5 Å². The number of aromatic hydroxyl groups is 1. The Hall–Kier alpha value is -2.56. The van der Waals surface area contributed by atoms with E-state index in [1.165, 1.54) is 0 Å². The summed E-state index contributed by atoms with van der Waals surface area (Å²) >= 11 is 0. The van der Waals surface area contributed by atoms with Crippen molar-refractivity contribution in [3.8, 4) is 17.2 Å². The molecule has 1 aromatic heterocycles. The average molecular weight is 269 g/mol. The van der Waals surface area contributed by atoms with Crippen molar-refractivity contribution in [3.05, 3.63) is 36.4 Å². The fourth-order valence-electron chi connectivity index (χ4n) is 2.05. The maximum Gasteiger partial charge on any atom is 0.266 e. The maximum atomic E-state index is 10.4. The Morgan fingerprint density at radius 3 is 2.80 bits per heavy atom. The van der Waals surface area contributed by atoms with Crippen LogP contribution in [-0.4, -0.2) is 28.8 Å². The molecule has 0 spiro atoms. The lowest BCUT2D eigenvalue weighted by Crippen LogP contribution is -2.16. The van der Waals surface area contributed by atoms with E-state index < -0.39 is 0 Å². The molecule has 102 valence electrons. The van der Waals surface area contributed by atoms with Crippen LogP contribution in [0.15, 0.2) is 40.9 Å². The van der Waals surface area contributed by atoms with Gasteiger partial charge in [-0.15, -0.1) is 0 Å². The van der Waals surface area contributed by atoms with E-state index in [4.69, 9.17) is 4.52 Å². The monoisotopic (exact) mass is 269 g/mol. The highest BCUT2D eigenvalue weighted by Crippen LogP contribution is 2.35. The highest BCUT2D eigenvalue weighted by Gasteiger charge is 2.16. The number of phenolic OH excluding ortho intramolecular Hbond substituents is 1. The summed E-state index contributed by atoms with van der Waals surface area (Å²) in [6, 6.07) is 11.4. The Kier molecular flexibility index (Phi) is 3.02. The third-order valence-corrected chi connectivity index (χ3v) is 3.36. The molecule has 0 bridgehead atoms. The zero-order valence-corrected chi connectivity index (χ0v) is 11.4. The summed E-state index contributed by atoms with van der Waals surface area (Å²) < 4.78 is 5.24. The van der Waals surface area contributed by atoms with Crippen LogP contribution in [0.2, 0.25) is 0 Å². The normalized spacial score (nSPS) is 10.9. The number of anilines is 1. The van der Waals surface area contributed by atoms with Crippen LogP contribution in [0.5, 0.6) is 5.75 Å². The van der Waals surface area contributed by atoms with Crippen molar-refractivity contribution in [1.82, 2.24) is 10.1 Å². The summed E-state index contributed by atoms with van der Waals surface area (Å²) in [4.78, 5) is 6.17. The van der Waals surface area contributed by atoms with Crippen molar-refractivity contribution in [2.75, 3.05) is 18.5 Å². The Bertz CT molecular complexity index is 752. The van der Waals surface area contributed by atoms with Gasteiger partial charge in [0.25, 0.3) is 11.8 Å². The Morgan fingerprint density at radius 2 is 2.00 bits per heavy atom. The van der Waals surface area contributed by atoms with Gasteiger partial charge in [0, 0.05) is 19.0 Å². The molecular weight excluding hydrogens is 254 g/mol. The largest absolute Gasteiger partial charge is 0.506 e. The van der Waals surface area contributed by atoms with Gasteiger partial charge in [0.1, 0.15) is 5.75 Å². The molecule has 3 aromatic rings. The minimum Gasteiger partial charge on any atom is -0.506 e. The lowest BCUT2D eigenvalue weighted by molar-refractivity contribution is 0.425. The summed E-state index contributed by atoms with van der Waals surface area (Å²) in [6.07, 6.45) is 0. The number of nitrogens with zero attached hydrogens (tertiary/aromatic N) is 3. The highest BCUT2D eigenvalue weighted by molar-refractivity contribution is 5.93. The van der Waals surface area contributed by atoms with Gasteiger partial charge >= 0.3 is 0 Å². The van der Waals surface area contributed by atoms with E-state index in [9.17, 15) is 5.11 Å². The minimum atomic E-state index is 0.164.